The summed E-state index contributed by atoms with van der Waals surface area (Å²) in [6.45, 7) is -0.697. The Hall–Kier alpha value is 2.48. The number of hydrogen-bond acceptors (Lipinski definition) is 7. The molecule has 3 radical (unpaired) electrons. The minimum Gasteiger partial charge on any atom is -0.474 e. The Morgan fingerprint density at radius 1 is 1.52 bits per heavy atom. The molecule has 0 fully saturated rings. The monoisotopic (exact) mass is 970 g/mol. The van der Waals surface area contributed by atoms with Crippen molar-refractivity contribution in [2.75, 3.05) is 13.7 Å². The molecule has 0 bridgehead atoms. The van der Waals surface area contributed by atoms with E-state index in [0.717, 1.165) is 7.11 Å². The summed E-state index contributed by atoms with van der Waals surface area (Å²) in [6, 6.07) is -1.61. The van der Waals surface area contributed by atoms with Crippen molar-refractivity contribution in [2.24, 2.45) is 5.11 Å². The molecule has 0 aliphatic carbocycles. The van der Waals surface area contributed by atoms with Gasteiger partial charge in [0.25, 0.3) is 0 Å². The molecular formula is C10H17Ac3N4O6+. The van der Waals surface area contributed by atoms with Crippen LogP contribution in [0.1, 0.15) is 0 Å². The van der Waals surface area contributed by atoms with Gasteiger partial charge in [0.2, 0.25) is 5.76 Å². The second kappa shape index (κ2) is 15.5. The third-order valence-corrected chi connectivity index (χ3v) is 2.94. The van der Waals surface area contributed by atoms with Crippen LogP contribution in [0.15, 0.2) is 16.9 Å². The number of carbonyl (C=O) groups is 1. The molecule has 0 saturated carbocycles. The minimum absolute atomic E-state index is 0. The number of hydrogen-bond donors (Lipinski definition) is 4. The predicted molar refractivity (Wildman–Crippen MR) is 63.7 cm³/mol. The molecule has 13 heteroatoms. The van der Waals surface area contributed by atoms with Crippen LogP contribution in [0, 0.1) is 132 Å². The Morgan fingerprint density at radius 3 is 2.52 bits per heavy atom. The van der Waals surface area contributed by atoms with Crippen molar-refractivity contribution in [3.63, 3.8) is 0 Å². The summed E-state index contributed by atoms with van der Waals surface area (Å²) in [5, 5.41) is 31.6. The van der Waals surface area contributed by atoms with E-state index in [1.165, 1.54) is 6.08 Å². The largest absolute Gasteiger partial charge is 0.474 e. The van der Waals surface area contributed by atoms with Gasteiger partial charge < -0.3 is 30.5 Å². The van der Waals surface area contributed by atoms with E-state index < -0.39 is 43.0 Å². The number of nitrogens with zero attached hydrogens (tertiary/aromatic N) is 3. The first-order chi connectivity index (χ1) is 9.46. The van der Waals surface area contributed by atoms with Crippen molar-refractivity contribution in [3.8, 4) is 0 Å². The van der Waals surface area contributed by atoms with E-state index in [2.05, 4.69) is 20.5 Å². The van der Waals surface area contributed by atoms with Gasteiger partial charge in [-0.15, -0.1) is 0 Å². The number of esters is 1. The number of methoxy groups -OCH3 is 1. The number of aliphatic hydroxyl groups is 3. The van der Waals surface area contributed by atoms with E-state index in [1.54, 1.807) is 0 Å². The fourth-order valence-corrected chi connectivity index (χ4v) is 1.79. The number of quaternary nitrogens is 1. The van der Waals surface area contributed by atoms with Crippen LogP contribution in [0.25, 0.3) is 10.4 Å². The van der Waals surface area contributed by atoms with E-state index in [4.69, 9.17) is 15.4 Å². The average Bonchev–Trinajstić information content (AvgIpc) is 2.47. The Labute approximate surface area is 240 Å². The van der Waals surface area contributed by atoms with E-state index in [1.807, 2.05) is 0 Å². The fraction of sp³-hybridized carbons (Fsp3) is 0.700. The van der Waals surface area contributed by atoms with Gasteiger partial charge in [-0.2, -0.15) is 0 Å². The van der Waals surface area contributed by atoms with E-state index in [-0.39, 0.29) is 138 Å². The summed E-state index contributed by atoms with van der Waals surface area (Å²) < 4.78 is 9.72. The van der Waals surface area contributed by atoms with Gasteiger partial charge in [-0.1, -0.05) is 5.11 Å². The van der Waals surface area contributed by atoms with Crippen LogP contribution < -0.4 is 5.73 Å². The molecule has 0 aromatic carbocycles. The Balaban J connectivity index is -0.00000133. The van der Waals surface area contributed by atoms with Gasteiger partial charge in [0, 0.05) is 137 Å². The maximum absolute atomic E-state index is 11.5. The zero-order valence-corrected chi connectivity index (χ0v) is 26.8. The molecule has 1 rings (SSSR count). The zero-order valence-electron chi connectivity index (χ0n) is 12.5. The second-order valence-corrected chi connectivity index (χ2v) is 4.20. The summed E-state index contributed by atoms with van der Waals surface area (Å²) in [6.07, 6.45) is -2.88. The number of ether oxygens (including phenoxy) is 2. The van der Waals surface area contributed by atoms with Gasteiger partial charge in [0.1, 0.15) is 24.3 Å². The first-order valence-electron chi connectivity index (χ1n) is 5.77. The molecule has 10 nitrogen and oxygen atoms in total. The predicted octanol–water partition coefficient (Wildman–Crippen LogP) is -2.55. The first-order valence-corrected chi connectivity index (χ1v) is 5.77. The molecule has 1 aliphatic rings. The van der Waals surface area contributed by atoms with E-state index in [9.17, 15) is 15.0 Å². The van der Waals surface area contributed by atoms with Crippen LogP contribution in [-0.2, 0) is 14.3 Å². The molecule has 6 N–H and O–H groups in total. The second-order valence-electron chi connectivity index (χ2n) is 4.20. The summed E-state index contributed by atoms with van der Waals surface area (Å²) in [7, 11) is 1.14. The van der Waals surface area contributed by atoms with Crippen molar-refractivity contribution in [1.82, 2.24) is 0 Å². The van der Waals surface area contributed by atoms with Crippen molar-refractivity contribution < 1.29 is 168 Å². The minimum atomic E-state index is -1.51. The van der Waals surface area contributed by atoms with Crippen LogP contribution in [-0.4, -0.2) is 65.4 Å². The summed E-state index contributed by atoms with van der Waals surface area (Å²) >= 11 is 0. The molecule has 0 aromatic heterocycles. The molecular weight excluding hydrogens is 953 g/mol. The van der Waals surface area contributed by atoms with Crippen LogP contribution >= 0.6 is 0 Å². The third kappa shape index (κ3) is 8.81. The van der Waals surface area contributed by atoms with Crippen molar-refractivity contribution in [1.29, 1.82) is 0 Å². The maximum Gasteiger partial charge on any atom is 0.372 e. The number of rotatable bonds is 5. The molecule has 5 atom stereocenters. The van der Waals surface area contributed by atoms with Crippen LogP contribution in [0.5, 0.6) is 0 Å². The van der Waals surface area contributed by atoms with Gasteiger partial charge in [0.05, 0.1) is 13.7 Å². The molecule has 4 unspecified atom stereocenters. The Kier molecular flexibility index (Phi) is 20.4. The molecule has 1 aliphatic heterocycles. The maximum atomic E-state index is 11.5. The van der Waals surface area contributed by atoms with Crippen LogP contribution in [0.3, 0.4) is 0 Å². The van der Waals surface area contributed by atoms with Crippen LogP contribution in [0.2, 0.25) is 0 Å². The molecule has 121 valence electrons. The molecule has 23 heavy (non-hydrogen) atoms. The van der Waals surface area contributed by atoms with Crippen molar-refractivity contribution in [3.05, 3.63) is 22.3 Å². The molecule has 0 aromatic rings. The smallest absolute Gasteiger partial charge is 0.372 e. The van der Waals surface area contributed by atoms with Gasteiger partial charge in [-0.3, -0.25) is 0 Å². The summed E-state index contributed by atoms with van der Waals surface area (Å²) in [5.74, 6) is -1.07. The third-order valence-electron chi connectivity index (χ3n) is 2.94. The average molecular weight is 970 g/mol. The molecule has 0 saturated heterocycles. The normalized spacial score (nSPS) is 24.7. The zero-order chi connectivity index (χ0) is 15.3. The van der Waals surface area contributed by atoms with E-state index in [0.29, 0.717) is 0 Å². The topological polar surface area (TPSA) is 173 Å². The van der Waals surface area contributed by atoms with Gasteiger partial charge >= 0.3 is 5.97 Å². The SMILES string of the molecule is COC(=O)C1=CC(N=[N+]=[N-])C([NH3+])[C@H](C(O)C(O)CO)O1.[Ac].[Ac].[Ac]. The number of azide groups is 1. The van der Waals surface area contributed by atoms with Crippen molar-refractivity contribution >= 4 is 5.97 Å². The van der Waals surface area contributed by atoms with Gasteiger partial charge in [-0.05, 0) is 11.6 Å². The summed E-state index contributed by atoms with van der Waals surface area (Å²) in [4.78, 5) is 14.1. The fourth-order valence-electron chi connectivity index (χ4n) is 1.79. The Bertz CT molecular complexity index is 448. The first kappa shape index (κ1) is 30.2. The standard InChI is InChI=1S/C10H16N4O6.3Ac/c1-19-10(18)6-2-4(13-14-12)7(11)9(20-6)8(17)5(16)3-15;;;/h2,4-5,7-9,15-17H,3,11H2,1H3;;;/p+1/t4?,5?,7?,8?,9-;;;/m1.../s1. The molecule has 0 spiro atoms. The van der Waals surface area contributed by atoms with E-state index >= 15 is 0 Å². The van der Waals surface area contributed by atoms with Crippen LogP contribution in [0.4, 0.5) is 0 Å². The quantitative estimate of drug-likeness (QED) is 0.102. The van der Waals surface area contributed by atoms with Gasteiger partial charge in [-0.25, -0.2) is 4.79 Å². The van der Waals surface area contributed by atoms with Gasteiger partial charge in [0.15, 0.2) is 6.10 Å². The molecule has 0 amide bonds. The summed E-state index contributed by atoms with van der Waals surface area (Å²) in [5.41, 5.74) is 12.2. The molecule has 1 heterocycles. The van der Waals surface area contributed by atoms with Crippen molar-refractivity contribution in [2.45, 2.75) is 30.4 Å². The Morgan fingerprint density at radius 2 is 2.09 bits per heavy atom. The number of aliphatic hydroxyl groups excluding tert-OH is 3. The number of carbonyl (C=O) groups excluding carboxylic acids is 1.